The first-order chi connectivity index (χ1) is 12.7. The number of aliphatic hydroxyl groups excluding tert-OH is 1. The van der Waals surface area contributed by atoms with Crippen LogP contribution >= 0.6 is 0 Å². The maximum atomic E-state index is 10.5. The SMILES string of the molecule is C[N+](=Cc1ccccc1)/C(C#N)=C(\O)c1ccccc1.O=C([O-])C(F)(F)F. The van der Waals surface area contributed by atoms with Crippen LogP contribution < -0.4 is 5.11 Å². The Labute approximate surface area is 153 Å². The van der Waals surface area contributed by atoms with E-state index in [1.165, 1.54) is 0 Å². The Bertz CT molecular complexity index is 869. The number of halogens is 3. The van der Waals surface area contributed by atoms with Crippen molar-refractivity contribution < 1.29 is 32.8 Å². The molecular formula is C19H15F3N2O3. The lowest BCUT2D eigenvalue weighted by molar-refractivity contribution is -0.431. The molecule has 1 N–H and O–H groups in total. The number of allylic oxidation sites excluding steroid dienone is 1. The smallest absolute Gasteiger partial charge is 0.430 e. The van der Waals surface area contributed by atoms with Crippen molar-refractivity contribution in [2.45, 2.75) is 6.18 Å². The molecule has 140 valence electrons. The molecule has 0 aromatic heterocycles. The lowest BCUT2D eigenvalue weighted by Gasteiger charge is -2.03. The molecule has 0 atom stereocenters. The molecule has 0 saturated heterocycles. The molecule has 0 amide bonds. The van der Waals surface area contributed by atoms with Crippen LogP contribution in [-0.2, 0) is 4.79 Å². The number of nitrogens with zero attached hydrogens (tertiary/aromatic N) is 2. The molecule has 0 aliphatic rings. The molecule has 2 aromatic rings. The zero-order chi connectivity index (χ0) is 20.4. The van der Waals surface area contributed by atoms with Gasteiger partial charge in [0.1, 0.15) is 13.0 Å². The van der Waals surface area contributed by atoms with E-state index < -0.39 is 12.1 Å². The molecule has 5 nitrogen and oxygen atoms in total. The Balaban J connectivity index is 0.000000445. The molecule has 0 aliphatic carbocycles. The fourth-order valence-electron chi connectivity index (χ4n) is 1.86. The van der Waals surface area contributed by atoms with Crippen LogP contribution in [0.15, 0.2) is 66.4 Å². The molecule has 0 aliphatic heterocycles. The van der Waals surface area contributed by atoms with E-state index in [9.17, 15) is 23.5 Å². The van der Waals surface area contributed by atoms with Gasteiger partial charge in [0, 0.05) is 11.1 Å². The molecule has 2 rings (SSSR count). The van der Waals surface area contributed by atoms with Crippen molar-refractivity contribution in [3.05, 3.63) is 77.5 Å². The molecule has 0 radical (unpaired) electrons. The maximum Gasteiger partial charge on any atom is 0.430 e. The van der Waals surface area contributed by atoms with E-state index >= 15 is 0 Å². The van der Waals surface area contributed by atoms with E-state index in [0.717, 1.165) is 5.56 Å². The molecule has 0 heterocycles. The number of nitriles is 1. The Morgan fingerprint density at radius 2 is 1.56 bits per heavy atom. The van der Waals surface area contributed by atoms with E-state index in [2.05, 4.69) is 0 Å². The van der Waals surface area contributed by atoms with E-state index in [1.54, 1.807) is 30.0 Å². The van der Waals surface area contributed by atoms with Crippen molar-refractivity contribution in [3.8, 4) is 6.07 Å². The summed E-state index contributed by atoms with van der Waals surface area (Å²) in [6, 6.07) is 20.7. The second kappa shape index (κ2) is 9.77. The zero-order valence-electron chi connectivity index (χ0n) is 14.1. The van der Waals surface area contributed by atoms with Crippen LogP contribution in [0.4, 0.5) is 13.2 Å². The van der Waals surface area contributed by atoms with Gasteiger partial charge in [-0.2, -0.15) is 23.0 Å². The van der Waals surface area contributed by atoms with Crippen LogP contribution in [0.2, 0.25) is 0 Å². The Morgan fingerprint density at radius 1 is 1.11 bits per heavy atom. The van der Waals surface area contributed by atoms with Crippen molar-refractivity contribution >= 4 is 17.9 Å². The van der Waals surface area contributed by atoms with Gasteiger partial charge in [0.25, 0.3) is 0 Å². The first kappa shape index (κ1) is 21.4. The fraction of sp³-hybridized carbons (Fsp3) is 0.105. The summed E-state index contributed by atoms with van der Waals surface area (Å²) in [5.41, 5.74) is 1.79. The fourth-order valence-corrected chi connectivity index (χ4v) is 1.86. The number of rotatable bonds is 3. The highest BCUT2D eigenvalue weighted by atomic mass is 19.4. The normalized spacial score (nSPS) is 12.2. The van der Waals surface area contributed by atoms with Gasteiger partial charge in [-0.05, 0) is 12.1 Å². The second-order valence-corrected chi connectivity index (χ2v) is 5.11. The number of aliphatic hydroxyl groups is 1. The monoisotopic (exact) mass is 376 g/mol. The third-order valence-corrected chi connectivity index (χ3v) is 3.10. The van der Waals surface area contributed by atoms with Gasteiger partial charge >= 0.3 is 11.9 Å². The van der Waals surface area contributed by atoms with Crippen molar-refractivity contribution in [2.75, 3.05) is 7.05 Å². The molecule has 8 heteroatoms. The highest BCUT2D eigenvalue weighted by Gasteiger charge is 2.28. The van der Waals surface area contributed by atoms with E-state index in [4.69, 9.17) is 9.90 Å². The molecule has 0 bridgehead atoms. The lowest BCUT2D eigenvalue weighted by Crippen LogP contribution is -2.37. The summed E-state index contributed by atoms with van der Waals surface area (Å²) in [7, 11) is 1.74. The standard InChI is InChI=1S/C17H14N2O.C2HF3O2/c1-19(13-14-8-4-2-5-9-14)16(12-18)17(20)15-10-6-3-7-11-15;3-2(4,5)1(6)7/h2-11,13H,1H3;(H,6,7)/b17-16-,19-13?;. The van der Waals surface area contributed by atoms with Gasteiger partial charge < -0.3 is 15.0 Å². The maximum absolute atomic E-state index is 10.5. The highest BCUT2D eigenvalue weighted by molar-refractivity contribution is 5.76. The van der Waals surface area contributed by atoms with Crippen LogP contribution in [0.25, 0.3) is 5.76 Å². The topological polar surface area (TPSA) is 87.2 Å². The predicted octanol–water partition coefficient (Wildman–Crippen LogP) is 2.50. The van der Waals surface area contributed by atoms with Crippen LogP contribution in [0.1, 0.15) is 11.1 Å². The van der Waals surface area contributed by atoms with E-state index in [1.807, 2.05) is 54.6 Å². The summed E-state index contributed by atoms with van der Waals surface area (Å²) in [6.07, 6.45) is -3.39. The van der Waals surface area contributed by atoms with Gasteiger partial charge in [-0.1, -0.05) is 48.5 Å². The number of aliphatic carboxylic acids is 1. The van der Waals surface area contributed by atoms with E-state index in [0.29, 0.717) is 5.56 Å². The number of carboxylic acids is 1. The molecule has 0 unspecified atom stereocenters. The summed E-state index contributed by atoms with van der Waals surface area (Å²) >= 11 is 0. The summed E-state index contributed by atoms with van der Waals surface area (Å²) in [6.45, 7) is 0. The number of hydrogen-bond donors (Lipinski definition) is 1. The van der Waals surface area contributed by atoms with Gasteiger partial charge in [0.05, 0.1) is 0 Å². The summed E-state index contributed by atoms with van der Waals surface area (Å²) < 4.78 is 33.2. The molecule has 0 saturated carbocycles. The largest absolute Gasteiger partial charge is 0.542 e. The van der Waals surface area contributed by atoms with Gasteiger partial charge in [0.15, 0.2) is 12.3 Å². The minimum absolute atomic E-state index is 0.0252. The lowest BCUT2D eigenvalue weighted by atomic mass is 10.1. The minimum atomic E-state index is -5.19. The number of carboxylic acid groups (broad SMARTS) is 1. The highest BCUT2D eigenvalue weighted by Crippen LogP contribution is 2.15. The average Bonchev–Trinajstić information content (AvgIpc) is 2.63. The first-order valence-electron chi connectivity index (χ1n) is 7.46. The minimum Gasteiger partial charge on any atom is -0.542 e. The molecule has 27 heavy (non-hydrogen) atoms. The number of benzene rings is 2. The number of carbonyl (C=O) groups excluding carboxylic acids is 1. The number of alkyl halides is 3. The molecule has 2 aromatic carbocycles. The predicted molar refractivity (Wildman–Crippen MR) is 90.5 cm³/mol. The van der Waals surface area contributed by atoms with Crippen molar-refractivity contribution in [1.82, 2.24) is 0 Å². The number of carbonyl (C=O) groups is 1. The molecule has 0 spiro atoms. The van der Waals surface area contributed by atoms with Crippen LogP contribution in [0.3, 0.4) is 0 Å². The Morgan fingerprint density at radius 3 is 1.96 bits per heavy atom. The van der Waals surface area contributed by atoms with Crippen LogP contribution in [-0.4, -0.2) is 35.1 Å². The van der Waals surface area contributed by atoms with E-state index in [-0.39, 0.29) is 11.5 Å². The first-order valence-corrected chi connectivity index (χ1v) is 7.46. The third kappa shape index (κ3) is 7.04. The average molecular weight is 376 g/mol. The quantitative estimate of drug-likeness (QED) is 0.386. The number of hydrogen-bond acceptors (Lipinski definition) is 4. The van der Waals surface area contributed by atoms with Crippen LogP contribution in [0.5, 0.6) is 0 Å². The van der Waals surface area contributed by atoms with Gasteiger partial charge in [-0.15, -0.1) is 0 Å². The summed E-state index contributed by atoms with van der Waals surface area (Å²) in [5, 5.41) is 28.3. The van der Waals surface area contributed by atoms with Gasteiger partial charge in [-0.3, -0.25) is 0 Å². The summed E-state index contributed by atoms with van der Waals surface area (Å²) in [5.74, 6) is -3.03. The zero-order valence-corrected chi connectivity index (χ0v) is 14.1. The summed E-state index contributed by atoms with van der Waals surface area (Å²) in [4.78, 5) is 8.78. The van der Waals surface area contributed by atoms with Gasteiger partial charge in [0.2, 0.25) is 5.76 Å². The van der Waals surface area contributed by atoms with Crippen LogP contribution in [0, 0.1) is 11.3 Å². The Hall–Kier alpha value is -3.60. The third-order valence-electron chi connectivity index (χ3n) is 3.10. The van der Waals surface area contributed by atoms with Crippen molar-refractivity contribution in [3.63, 3.8) is 0 Å². The van der Waals surface area contributed by atoms with Gasteiger partial charge in [-0.25, -0.2) is 0 Å². The van der Waals surface area contributed by atoms with Crippen molar-refractivity contribution in [2.24, 2.45) is 0 Å². The Kier molecular flexibility index (Phi) is 7.76. The van der Waals surface area contributed by atoms with Crippen molar-refractivity contribution in [1.29, 1.82) is 5.26 Å². The molecule has 0 fully saturated rings. The second-order valence-electron chi connectivity index (χ2n) is 5.11. The molecular weight excluding hydrogens is 361 g/mol.